The number of nitrogens with zero attached hydrogens (tertiary/aromatic N) is 3. The summed E-state index contributed by atoms with van der Waals surface area (Å²) >= 11 is 0. The summed E-state index contributed by atoms with van der Waals surface area (Å²) in [6.07, 6.45) is 5.18. The lowest BCUT2D eigenvalue weighted by molar-refractivity contribution is 1.25. The van der Waals surface area contributed by atoms with Crippen LogP contribution in [0.5, 0.6) is 0 Å². The summed E-state index contributed by atoms with van der Waals surface area (Å²) in [4.78, 5) is 3.82. The number of hydrogen-bond acceptors (Lipinski definition) is 3. The van der Waals surface area contributed by atoms with E-state index in [2.05, 4.69) is 11.6 Å². The largest absolute Gasteiger partial charge is 0.268 e. The minimum Gasteiger partial charge on any atom is -0.268 e. The minimum atomic E-state index is 0.285. The molecule has 0 atom stereocenters. The Hall–Kier alpha value is -1.87. The third kappa shape index (κ3) is 4.96. The summed E-state index contributed by atoms with van der Waals surface area (Å²) in [6, 6.07) is 3.90. The van der Waals surface area contributed by atoms with Crippen LogP contribution in [0.4, 0.5) is 0 Å². The SMILES string of the molecule is C=C/C(=C\N=C/CC#N)CC#N. The first-order chi connectivity index (χ1) is 5.85. The molecule has 0 unspecified atom stereocenters. The van der Waals surface area contributed by atoms with Crippen molar-refractivity contribution in [3.05, 3.63) is 24.4 Å². The molecule has 0 bridgehead atoms. The smallest absolute Gasteiger partial charge is 0.0705 e. The third-order valence-corrected chi connectivity index (χ3v) is 1.07. The zero-order chi connectivity index (χ0) is 9.23. The summed E-state index contributed by atoms with van der Waals surface area (Å²) in [5.74, 6) is 0. The van der Waals surface area contributed by atoms with Gasteiger partial charge in [0.25, 0.3) is 0 Å². The van der Waals surface area contributed by atoms with Gasteiger partial charge in [0, 0.05) is 12.4 Å². The van der Waals surface area contributed by atoms with E-state index in [4.69, 9.17) is 10.5 Å². The highest BCUT2D eigenvalue weighted by atomic mass is 14.7. The fourth-order valence-corrected chi connectivity index (χ4v) is 0.504. The van der Waals surface area contributed by atoms with Gasteiger partial charge < -0.3 is 0 Å². The van der Waals surface area contributed by atoms with Crippen LogP contribution >= 0.6 is 0 Å². The van der Waals surface area contributed by atoms with E-state index in [-0.39, 0.29) is 6.42 Å². The van der Waals surface area contributed by atoms with E-state index in [1.807, 2.05) is 12.1 Å². The maximum Gasteiger partial charge on any atom is 0.0705 e. The van der Waals surface area contributed by atoms with Gasteiger partial charge in [-0.15, -0.1) is 0 Å². The highest BCUT2D eigenvalue weighted by molar-refractivity contribution is 5.61. The Morgan fingerprint density at radius 3 is 2.67 bits per heavy atom. The fraction of sp³-hybridized carbons (Fsp3) is 0.222. The molecule has 0 heterocycles. The van der Waals surface area contributed by atoms with Crippen LogP contribution in [-0.2, 0) is 0 Å². The van der Waals surface area contributed by atoms with E-state index in [1.165, 1.54) is 12.4 Å². The molecule has 3 nitrogen and oxygen atoms in total. The summed E-state index contributed by atoms with van der Waals surface area (Å²) in [5, 5.41) is 16.5. The van der Waals surface area contributed by atoms with Crippen LogP contribution in [0, 0.1) is 22.7 Å². The van der Waals surface area contributed by atoms with Crippen molar-refractivity contribution in [2.75, 3.05) is 0 Å². The number of nitriles is 2. The molecule has 0 aromatic heterocycles. The number of rotatable bonds is 4. The minimum absolute atomic E-state index is 0.285. The Bertz CT molecular complexity index is 273. The van der Waals surface area contributed by atoms with Crippen molar-refractivity contribution in [3.63, 3.8) is 0 Å². The van der Waals surface area contributed by atoms with Crippen LogP contribution in [-0.4, -0.2) is 6.21 Å². The molecular weight excluding hydrogens is 150 g/mol. The van der Waals surface area contributed by atoms with Crippen LogP contribution < -0.4 is 0 Å². The normalized spacial score (nSPS) is 10.7. The highest BCUT2D eigenvalue weighted by Gasteiger charge is 1.86. The molecule has 12 heavy (non-hydrogen) atoms. The molecule has 0 aromatic carbocycles. The maximum absolute atomic E-state index is 8.33. The van der Waals surface area contributed by atoms with Gasteiger partial charge in [0.15, 0.2) is 0 Å². The van der Waals surface area contributed by atoms with Crippen molar-refractivity contribution in [1.82, 2.24) is 0 Å². The van der Waals surface area contributed by atoms with Crippen LogP contribution in [0.3, 0.4) is 0 Å². The quantitative estimate of drug-likeness (QED) is 0.465. The lowest BCUT2D eigenvalue weighted by atomic mass is 10.2. The fourth-order valence-electron chi connectivity index (χ4n) is 0.504. The number of hydrogen-bond donors (Lipinski definition) is 0. The first-order valence-corrected chi connectivity index (χ1v) is 3.42. The molecule has 0 aliphatic heterocycles. The van der Waals surface area contributed by atoms with Crippen molar-refractivity contribution < 1.29 is 0 Å². The van der Waals surface area contributed by atoms with Crippen LogP contribution in [0.2, 0.25) is 0 Å². The van der Waals surface area contributed by atoms with Gasteiger partial charge >= 0.3 is 0 Å². The molecule has 60 valence electrons. The lowest BCUT2D eigenvalue weighted by Crippen LogP contribution is -1.74. The average molecular weight is 159 g/mol. The van der Waals surface area contributed by atoms with Gasteiger partial charge in [0.2, 0.25) is 0 Å². The molecule has 0 aliphatic carbocycles. The van der Waals surface area contributed by atoms with Crippen LogP contribution in [0.1, 0.15) is 12.8 Å². The van der Waals surface area contributed by atoms with Gasteiger partial charge in [0.1, 0.15) is 0 Å². The Balaban J connectivity index is 4.05. The molecule has 0 aromatic rings. The second kappa shape index (κ2) is 7.24. The number of allylic oxidation sites excluding steroid dienone is 2. The molecule has 0 amide bonds. The van der Waals surface area contributed by atoms with Crippen LogP contribution in [0.15, 0.2) is 29.4 Å². The molecule has 0 rings (SSSR count). The number of aliphatic imine (C=N–C) groups is 1. The molecular formula is C9H9N3. The monoisotopic (exact) mass is 159 g/mol. The van der Waals surface area contributed by atoms with E-state index in [0.29, 0.717) is 6.42 Å². The van der Waals surface area contributed by atoms with Gasteiger partial charge in [-0.1, -0.05) is 12.7 Å². The molecule has 0 aliphatic rings. The molecule has 0 saturated heterocycles. The Morgan fingerprint density at radius 2 is 2.17 bits per heavy atom. The Kier molecular flexibility index (Phi) is 6.11. The molecule has 3 heteroatoms. The molecule has 0 fully saturated rings. The molecule has 0 saturated carbocycles. The van der Waals surface area contributed by atoms with E-state index in [1.54, 1.807) is 6.08 Å². The van der Waals surface area contributed by atoms with Gasteiger partial charge in [0.05, 0.1) is 25.0 Å². The van der Waals surface area contributed by atoms with Crippen molar-refractivity contribution in [2.45, 2.75) is 12.8 Å². The zero-order valence-corrected chi connectivity index (χ0v) is 6.70. The topological polar surface area (TPSA) is 59.9 Å². The van der Waals surface area contributed by atoms with Crippen molar-refractivity contribution in [3.8, 4) is 12.1 Å². The van der Waals surface area contributed by atoms with E-state index >= 15 is 0 Å². The zero-order valence-electron chi connectivity index (χ0n) is 6.70. The highest BCUT2D eigenvalue weighted by Crippen LogP contribution is 2.00. The van der Waals surface area contributed by atoms with E-state index in [9.17, 15) is 0 Å². The van der Waals surface area contributed by atoms with Gasteiger partial charge in [-0.2, -0.15) is 10.5 Å². The van der Waals surface area contributed by atoms with Gasteiger partial charge in [-0.25, -0.2) is 0 Å². The molecule has 0 N–H and O–H groups in total. The summed E-state index contributed by atoms with van der Waals surface area (Å²) in [7, 11) is 0. The third-order valence-electron chi connectivity index (χ3n) is 1.07. The maximum atomic E-state index is 8.33. The molecule has 0 spiro atoms. The predicted octanol–water partition coefficient (Wildman–Crippen LogP) is 1.95. The standard InChI is InChI=1S/C9H9N3/c1-2-9(4-6-11)8-12-7-3-5-10/h2,7-8H,1,3-4H2/b9-8+,12-7-. The summed E-state index contributed by atoms with van der Waals surface area (Å²) in [5.41, 5.74) is 0.756. The Labute approximate surface area is 72.0 Å². The van der Waals surface area contributed by atoms with Gasteiger partial charge in [-0.3, -0.25) is 4.99 Å². The first kappa shape index (κ1) is 10.1. The van der Waals surface area contributed by atoms with E-state index < -0.39 is 0 Å². The lowest BCUT2D eigenvalue weighted by Gasteiger charge is -1.87. The second-order valence-electron chi connectivity index (χ2n) is 1.94. The van der Waals surface area contributed by atoms with E-state index in [0.717, 1.165) is 5.57 Å². The first-order valence-electron chi connectivity index (χ1n) is 3.42. The van der Waals surface area contributed by atoms with Gasteiger partial charge in [-0.05, 0) is 5.57 Å². The van der Waals surface area contributed by atoms with Crippen molar-refractivity contribution in [2.24, 2.45) is 4.99 Å². The van der Waals surface area contributed by atoms with Crippen molar-refractivity contribution in [1.29, 1.82) is 10.5 Å². The average Bonchev–Trinajstić information content (AvgIpc) is 2.10. The van der Waals surface area contributed by atoms with Crippen LogP contribution in [0.25, 0.3) is 0 Å². The Morgan fingerprint density at radius 1 is 1.42 bits per heavy atom. The van der Waals surface area contributed by atoms with Crippen molar-refractivity contribution >= 4 is 6.21 Å². The second-order valence-corrected chi connectivity index (χ2v) is 1.94. The summed E-state index contributed by atoms with van der Waals surface area (Å²) in [6.45, 7) is 3.52. The molecule has 0 radical (unpaired) electrons. The summed E-state index contributed by atoms with van der Waals surface area (Å²) < 4.78 is 0. The predicted molar refractivity (Wildman–Crippen MR) is 47.2 cm³/mol.